The fraction of sp³-hybridized carbons (Fsp3) is 0.931. The fourth-order valence-corrected chi connectivity index (χ4v) is 4.84. The summed E-state index contributed by atoms with van der Waals surface area (Å²) < 4.78 is 32.4. The van der Waals surface area contributed by atoms with Crippen LogP contribution in [0.3, 0.4) is 0 Å². The smallest absolute Gasteiger partial charge is 0.306 e. The summed E-state index contributed by atoms with van der Waals surface area (Å²) in [6, 6.07) is 0. The molecule has 2 aliphatic rings. The molecule has 0 amide bonds. The SMILES string of the molecule is CCCCCCCCCCC(=O)OC(COC(=O)CC)COC1OC(COC2OC(CO)C(O)C(O)C2O)C(O)C(O)C1O. The van der Waals surface area contributed by atoms with Gasteiger partial charge in [-0.2, -0.15) is 0 Å². The van der Waals surface area contributed by atoms with Gasteiger partial charge in [-0.15, -0.1) is 0 Å². The molecule has 2 fully saturated rings. The van der Waals surface area contributed by atoms with Crippen molar-refractivity contribution < 1.29 is 73.8 Å². The molecular formula is C29H52O15. The molecule has 15 nitrogen and oxygen atoms in total. The molecule has 0 saturated carbocycles. The standard InChI is InChI=1S/C29H52O15/c1-3-5-6-7-8-9-10-11-12-21(32)42-17(14-39-20(31)4-2)15-40-28-27(38)25(36)23(34)19(44-28)16-41-29-26(37)24(35)22(33)18(13-30)43-29/h17-19,22-30,33-38H,3-16H2,1-2H3. The minimum absolute atomic E-state index is 0.102. The van der Waals surface area contributed by atoms with Crippen LogP contribution in [-0.2, 0) is 38.0 Å². The zero-order chi connectivity index (χ0) is 32.6. The van der Waals surface area contributed by atoms with Crippen LogP contribution in [0.1, 0.15) is 78.1 Å². The van der Waals surface area contributed by atoms with E-state index in [-0.39, 0.29) is 26.1 Å². The Morgan fingerprint density at radius 2 is 1.20 bits per heavy atom. The third-order valence-electron chi connectivity index (χ3n) is 7.64. The molecule has 0 aromatic carbocycles. The van der Waals surface area contributed by atoms with Crippen LogP contribution in [0.25, 0.3) is 0 Å². The maximum atomic E-state index is 12.5. The van der Waals surface area contributed by atoms with Crippen molar-refractivity contribution >= 4 is 11.9 Å². The molecule has 258 valence electrons. The second-order valence-electron chi connectivity index (χ2n) is 11.3. The van der Waals surface area contributed by atoms with E-state index in [1.807, 2.05) is 0 Å². The number of hydrogen-bond acceptors (Lipinski definition) is 15. The molecule has 2 aliphatic heterocycles. The first-order valence-corrected chi connectivity index (χ1v) is 15.6. The first-order valence-electron chi connectivity index (χ1n) is 15.6. The highest BCUT2D eigenvalue weighted by Crippen LogP contribution is 2.26. The first-order chi connectivity index (χ1) is 21.0. The van der Waals surface area contributed by atoms with Crippen molar-refractivity contribution in [1.29, 1.82) is 0 Å². The largest absolute Gasteiger partial charge is 0.462 e. The number of carbonyl (C=O) groups excluding carboxylic acids is 2. The van der Waals surface area contributed by atoms with E-state index in [1.165, 1.54) is 25.7 Å². The Morgan fingerprint density at radius 3 is 1.80 bits per heavy atom. The summed E-state index contributed by atoms with van der Waals surface area (Å²) in [6.45, 7) is 1.87. The summed E-state index contributed by atoms with van der Waals surface area (Å²) in [5.41, 5.74) is 0. The van der Waals surface area contributed by atoms with E-state index in [0.29, 0.717) is 6.42 Å². The lowest BCUT2D eigenvalue weighted by atomic mass is 9.98. The highest BCUT2D eigenvalue weighted by molar-refractivity contribution is 5.70. The van der Waals surface area contributed by atoms with Gasteiger partial charge in [0, 0.05) is 12.8 Å². The number of unbranched alkanes of at least 4 members (excludes halogenated alkanes) is 7. The number of rotatable bonds is 20. The molecule has 0 bridgehead atoms. The Bertz CT molecular complexity index is 814. The van der Waals surface area contributed by atoms with Gasteiger partial charge in [-0.25, -0.2) is 0 Å². The quantitative estimate of drug-likeness (QED) is 0.0626. The fourth-order valence-electron chi connectivity index (χ4n) is 4.84. The average Bonchev–Trinajstić information content (AvgIpc) is 3.02. The molecule has 44 heavy (non-hydrogen) atoms. The summed E-state index contributed by atoms with van der Waals surface area (Å²) in [6.07, 6.45) is -8.11. The highest BCUT2D eigenvalue weighted by atomic mass is 16.7. The summed E-state index contributed by atoms with van der Waals surface area (Å²) in [5.74, 6) is -1.03. The monoisotopic (exact) mass is 640 g/mol. The van der Waals surface area contributed by atoms with Crippen LogP contribution in [0.5, 0.6) is 0 Å². The van der Waals surface area contributed by atoms with Gasteiger partial charge in [0.05, 0.1) is 19.8 Å². The molecular weight excluding hydrogens is 588 g/mol. The third-order valence-corrected chi connectivity index (χ3v) is 7.64. The second kappa shape index (κ2) is 20.6. The van der Waals surface area contributed by atoms with Gasteiger partial charge in [-0.05, 0) is 6.42 Å². The van der Waals surface area contributed by atoms with Crippen LogP contribution in [0.2, 0.25) is 0 Å². The molecule has 2 saturated heterocycles. The predicted octanol–water partition coefficient (Wildman–Crippen LogP) is -0.977. The van der Waals surface area contributed by atoms with Crippen LogP contribution in [-0.4, -0.2) is 142 Å². The van der Waals surface area contributed by atoms with Gasteiger partial charge < -0.3 is 64.2 Å². The lowest BCUT2D eigenvalue weighted by Crippen LogP contribution is -2.61. The number of esters is 2. The second-order valence-corrected chi connectivity index (χ2v) is 11.3. The molecule has 15 heteroatoms. The molecule has 7 N–H and O–H groups in total. The topological polar surface area (TPSA) is 231 Å². The molecule has 0 aliphatic carbocycles. The van der Waals surface area contributed by atoms with E-state index in [9.17, 15) is 45.3 Å². The van der Waals surface area contributed by atoms with Gasteiger partial charge in [0.15, 0.2) is 18.7 Å². The van der Waals surface area contributed by atoms with Crippen molar-refractivity contribution in [3.05, 3.63) is 0 Å². The minimum atomic E-state index is -1.75. The van der Waals surface area contributed by atoms with Gasteiger partial charge in [0.1, 0.15) is 55.4 Å². The Kier molecular flexibility index (Phi) is 18.1. The summed E-state index contributed by atoms with van der Waals surface area (Å²) in [7, 11) is 0. The van der Waals surface area contributed by atoms with E-state index in [2.05, 4.69) is 6.92 Å². The van der Waals surface area contributed by atoms with Gasteiger partial charge in [-0.3, -0.25) is 9.59 Å². The Hall–Kier alpha value is -1.50. The third kappa shape index (κ3) is 12.4. The Morgan fingerprint density at radius 1 is 0.659 bits per heavy atom. The zero-order valence-electron chi connectivity index (χ0n) is 25.6. The number of aliphatic hydroxyl groups excluding tert-OH is 7. The van der Waals surface area contributed by atoms with E-state index in [4.69, 9.17) is 28.4 Å². The van der Waals surface area contributed by atoms with E-state index < -0.39 is 92.7 Å². The van der Waals surface area contributed by atoms with E-state index >= 15 is 0 Å². The number of ether oxygens (including phenoxy) is 6. The lowest BCUT2D eigenvalue weighted by Gasteiger charge is -2.42. The van der Waals surface area contributed by atoms with Crippen LogP contribution in [0, 0.1) is 0 Å². The van der Waals surface area contributed by atoms with Crippen molar-refractivity contribution in [2.24, 2.45) is 0 Å². The molecule has 2 heterocycles. The normalized spacial score (nSPS) is 33.1. The number of hydrogen-bond donors (Lipinski definition) is 7. The lowest BCUT2D eigenvalue weighted by molar-refractivity contribution is -0.332. The Labute approximate surface area is 258 Å². The maximum Gasteiger partial charge on any atom is 0.306 e. The van der Waals surface area contributed by atoms with Crippen LogP contribution >= 0.6 is 0 Å². The molecule has 0 radical (unpaired) electrons. The van der Waals surface area contributed by atoms with Crippen molar-refractivity contribution in [3.63, 3.8) is 0 Å². The van der Waals surface area contributed by atoms with Crippen molar-refractivity contribution in [2.75, 3.05) is 26.4 Å². The van der Waals surface area contributed by atoms with Gasteiger partial charge in [0.2, 0.25) is 0 Å². The van der Waals surface area contributed by atoms with Gasteiger partial charge in [-0.1, -0.05) is 58.8 Å². The maximum absolute atomic E-state index is 12.5. The Balaban J connectivity index is 1.90. The van der Waals surface area contributed by atoms with E-state index in [1.54, 1.807) is 6.92 Å². The van der Waals surface area contributed by atoms with Crippen LogP contribution < -0.4 is 0 Å². The summed E-state index contributed by atoms with van der Waals surface area (Å²) in [4.78, 5) is 24.2. The van der Waals surface area contributed by atoms with Crippen molar-refractivity contribution in [1.82, 2.24) is 0 Å². The number of carbonyl (C=O) groups is 2. The molecule has 11 unspecified atom stereocenters. The molecule has 2 rings (SSSR count). The van der Waals surface area contributed by atoms with Crippen molar-refractivity contribution in [2.45, 2.75) is 146 Å². The molecule has 0 aromatic rings. The average molecular weight is 641 g/mol. The summed E-state index contributed by atoms with van der Waals surface area (Å²) in [5, 5.41) is 70.7. The van der Waals surface area contributed by atoms with E-state index in [0.717, 1.165) is 19.3 Å². The van der Waals surface area contributed by atoms with Gasteiger partial charge in [0.25, 0.3) is 0 Å². The first kappa shape index (κ1) is 38.7. The molecule has 11 atom stereocenters. The molecule has 0 aromatic heterocycles. The van der Waals surface area contributed by atoms with Crippen molar-refractivity contribution in [3.8, 4) is 0 Å². The summed E-state index contributed by atoms with van der Waals surface area (Å²) >= 11 is 0. The predicted molar refractivity (Wildman–Crippen MR) is 151 cm³/mol. The minimum Gasteiger partial charge on any atom is -0.462 e. The molecule has 0 spiro atoms. The highest BCUT2D eigenvalue weighted by Gasteiger charge is 2.47. The number of aliphatic hydroxyl groups is 7. The van der Waals surface area contributed by atoms with Gasteiger partial charge >= 0.3 is 11.9 Å². The van der Waals surface area contributed by atoms with Crippen LogP contribution in [0.15, 0.2) is 0 Å². The van der Waals surface area contributed by atoms with Crippen LogP contribution in [0.4, 0.5) is 0 Å². The zero-order valence-corrected chi connectivity index (χ0v) is 25.6.